The summed E-state index contributed by atoms with van der Waals surface area (Å²) in [5, 5.41) is 2.66. The van der Waals surface area contributed by atoms with Crippen LogP contribution in [-0.2, 0) is 11.3 Å². The molecule has 1 saturated heterocycles. The van der Waals surface area contributed by atoms with Crippen molar-refractivity contribution in [3.8, 4) is 0 Å². The minimum Gasteiger partial charge on any atom is -0.375 e. The summed E-state index contributed by atoms with van der Waals surface area (Å²) >= 11 is 1.00. The zero-order valence-electron chi connectivity index (χ0n) is 15.3. The molecule has 0 aliphatic carbocycles. The maximum atomic E-state index is 12.6. The van der Waals surface area contributed by atoms with Gasteiger partial charge in [-0.3, -0.25) is 19.3 Å². The molecular weight excluding hydrogens is 362 g/mol. The first-order valence-corrected chi connectivity index (χ1v) is 9.65. The first-order valence-electron chi connectivity index (χ1n) is 8.66. The van der Waals surface area contributed by atoms with Gasteiger partial charge >= 0.3 is 0 Å². The number of rotatable bonds is 6. The van der Waals surface area contributed by atoms with Crippen molar-refractivity contribution in [3.63, 3.8) is 0 Å². The molecule has 0 bridgehead atoms. The lowest BCUT2D eigenvalue weighted by atomic mass is 10.1. The number of carbonyl (C=O) groups is 3. The van der Waals surface area contributed by atoms with Gasteiger partial charge in [-0.25, -0.2) is 0 Å². The van der Waals surface area contributed by atoms with Crippen LogP contribution in [0.15, 0.2) is 48.5 Å². The number of hydrogen-bond acceptors (Lipinski definition) is 5. The molecule has 0 aromatic heterocycles. The third-order valence-corrected chi connectivity index (χ3v) is 5.25. The molecule has 6 nitrogen and oxygen atoms in total. The Hall–Kier alpha value is -2.80. The second-order valence-electron chi connectivity index (χ2n) is 6.25. The summed E-state index contributed by atoms with van der Waals surface area (Å²) in [4.78, 5) is 39.4. The summed E-state index contributed by atoms with van der Waals surface area (Å²) in [6.45, 7) is 3.11. The Morgan fingerprint density at radius 1 is 1.19 bits per heavy atom. The van der Waals surface area contributed by atoms with E-state index in [1.807, 2.05) is 31.3 Å². The number of anilines is 2. The van der Waals surface area contributed by atoms with Gasteiger partial charge in [0.2, 0.25) is 5.91 Å². The highest BCUT2D eigenvalue weighted by molar-refractivity contribution is 8.14. The average molecular weight is 383 g/mol. The molecule has 3 amide bonds. The van der Waals surface area contributed by atoms with Crippen LogP contribution in [0.25, 0.3) is 0 Å². The molecule has 140 valence electrons. The van der Waals surface area contributed by atoms with E-state index in [-0.39, 0.29) is 29.4 Å². The number of thioether (sulfide) groups is 1. The molecule has 1 fully saturated rings. The van der Waals surface area contributed by atoms with Crippen LogP contribution in [0.4, 0.5) is 16.2 Å². The lowest BCUT2D eigenvalue weighted by molar-refractivity contribution is -0.125. The summed E-state index contributed by atoms with van der Waals surface area (Å²) in [6.07, 6.45) is 0. The highest BCUT2D eigenvalue weighted by atomic mass is 32.2. The van der Waals surface area contributed by atoms with Crippen LogP contribution in [-0.4, -0.2) is 41.3 Å². The minimum absolute atomic E-state index is 0.182. The van der Waals surface area contributed by atoms with Gasteiger partial charge in [0.15, 0.2) is 0 Å². The largest absolute Gasteiger partial charge is 0.375 e. The van der Waals surface area contributed by atoms with Crippen LogP contribution in [0.5, 0.6) is 0 Å². The lowest BCUT2D eigenvalue weighted by Gasteiger charge is -2.18. The Morgan fingerprint density at radius 3 is 2.67 bits per heavy atom. The van der Waals surface area contributed by atoms with E-state index >= 15 is 0 Å². The SMILES string of the molecule is CCN(C)c1cccc(NC(=O)c2cccc(CN3C(=O)CSC3=O)c2)c1. The van der Waals surface area contributed by atoms with Crippen LogP contribution >= 0.6 is 11.8 Å². The Kier molecular flexibility index (Phi) is 5.81. The van der Waals surface area contributed by atoms with Gasteiger partial charge in [0.05, 0.1) is 12.3 Å². The van der Waals surface area contributed by atoms with Crippen LogP contribution in [0.1, 0.15) is 22.8 Å². The fourth-order valence-corrected chi connectivity index (χ4v) is 3.46. The quantitative estimate of drug-likeness (QED) is 0.825. The van der Waals surface area contributed by atoms with Crippen molar-refractivity contribution >= 4 is 40.2 Å². The van der Waals surface area contributed by atoms with E-state index in [1.54, 1.807) is 24.3 Å². The predicted molar refractivity (Wildman–Crippen MR) is 108 cm³/mol. The second kappa shape index (κ2) is 8.26. The van der Waals surface area contributed by atoms with Crippen molar-refractivity contribution < 1.29 is 14.4 Å². The van der Waals surface area contributed by atoms with E-state index in [2.05, 4.69) is 17.1 Å². The molecule has 1 N–H and O–H groups in total. The molecule has 0 unspecified atom stereocenters. The number of nitrogens with zero attached hydrogens (tertiary/aromatic N) is 2. The molecule has 1 aliphatic heterocycles. The van der Waals surface area contributed by atoms with Crippen LogP contribution in [0.3, 0.4) is 0 Å². The van der Waals surface area contributed by atoms with E-state index in [0.717, 1.165) is 29.6 Å². The minimum atomic E-state index is -0.244. The Balaban J connectivity index is 1.72. The topological polar surface area (TPSA) is 69.7 Å². The molecule has 7 heteroatoms. The summed E-state index contributed by atoms with van der Waals surface area (Å²) < 4.78 is 0. The molecule has 1 aliphatic rings. The number of benzene rings is 2. The third-order valence-electron chi connectivity index (χ3n) is 4.39. The first kappa shape index (κ1) is 19.0. The van der Waals surface area contributed by atoms with E-state index < -0.39 is 0 Å². The van der Waals surface area contributed by atoms with Crippen molar-refractivity contribution in [2.24, 2.45) is 0 Å². The summed E-state index contributed by atoms with van der Waals surface area (Å²) in [7, 11) is 1.99. The fraction of sp³-hybridized carbons (Fsp3) is 0.250. The summed E-state index contributed by atoms with van der Waals surface area (Å²) in [5.74, 6) is -0.250. The lowest BCUT2D eigenvalue weighted by Crippen LogP contribution is -2.28. The number of imide groups is 1. The van der Waals surface area contributed by atoms with E-state index in [0.29, 0.717) is 11.3 Å². The smallest absolute Gasteiger partial charge is 0.289 e. The molecule has 27 heavy (non-hydrogen) atoms. The van der Waals surface area contributed by atoms with Crippen LogP contribution in [0, 0.1) is 0 Å². The average Bonchev–Trinajstić information content (AvgIpc) is 2.99. The van der Waals surface area contributed by atoms with E-state index in [4.69, 9.17) is 0 Å². The second-order valence-corrected chi connectivity index (χ2v) is 7.18. The molecule has 0 spiro atoms. The molecule has 0 saturated carbocycles. The highest BCUT2D eigenvalue weighted by Gasteiger charge is 2.29. The standard InChI is InChI=1S/C20H21N3O3S/c1-3-22(2)17-9-5-8-16(11-17)21-19(25)15-7-4-6-14(10-15)12-23-18(24)13-27-20(23)26/h4-11H,3,12-13H2,1-2H3,(H,21,25). The van der Waals surface area contributed by atoms with Crippen LogP contribution in [0.2, 0.25) is 0 Å². The molecule has 2 aromatic carbocycles. The Bertz CT molecular complexity index is 868. The molecule has 2 aromatic rings. The number of carbonyl (C=O) groups excluding carboxylic acids is 3. The number of amides is 3. The van der Waals surface area contributed by atoms with Gasteiger partial charge in [0, 0.05) is 30.5 Å². The van der Waals surface area contributed by atoms with E-state index in [1.165, 1.54) is 4.90 Å². The number of hydrogen-bond donors (Lipinski definition) is 1. The van der Waals surface area contributed by atoms with Crippen LogP contribution < -0.4 is 10.2 Å². The third kappa shape index (κ3) is 4.49. The molecular formula is C20H21N3O3S. The predicted octanol–water partition coefficient (Wildman–Crippen LogP) is 3.59. The van der Waals surface area contributed by atoms with Crippen molar-refractivity contribution in [1.82, 2.24) is 4.90 Å². The normalized spacial score (nSPS) is 13.8. The van der Waals surface area contributed by atoms with Gasteiger partial charge in [-0.15, -0.1) is 0 Å². The van der Waals surface area contributed by atoms with Crippen molar-refractivity contribution in [3.05, 3.63) is 59.7 Å². The van der Waals surface area contributed by atoms with Gasteiger partial charge in [0.1, 0.15) is 0 Å². The van der Waals surface area contributed by atoms with E-state index in [9.17, 15) is 14.4 Å². The molecule has 0 atom stereocenters. The monoisotopic (exact) mass is 383 g/mol. The first-order chi connectivity index (χ1) is 13.0. The van der Waals surface area contributed by atoms with Gasteiger partial charge in [0.25, 0.3) is 11.1 Å². The van der Waals surface area contributed by atoms with Gasteiger partial charge in [-0.1, -0.05) is 30.0 Å². The number of nitrogens with one attached hydrogen (secondary N) is 1. The van der Waals surface area contributed by atoms with Crippen molar-refractivity contribution in [2.45, 2.75) is 13.5 Å². The Labute approximate surface area is 162 Å². The van der Waals surface area contributed by atoms with Gasteiger partial charge in [-0.05, 0) is 42.8 Å². The zero-order chi connectivity index (χ0) is 19.4. The Morgan fingerprint density at radius 2 is 1.96 bits per heavy atom. The highest BCUT2D eigenvalue weighted by Crippen LogP contribution is 2.22. The molecule has 3 rings (SSSR count). The zero-order valence-corrected chi connectivity index (χ0v) is 16.1. The van der Waals surface area contributed by atoms with Gasteiger partial charge < -0.3 is 10.2 Å². The van der Waals surface area contributed by atoms with Gasteiger partial charge in [-0.2, -0.15) is 0 Å². The van der Waals surface area contributed by atoms with Crippen molar-refractivity contribution in [2.75, 3.05) is 29.6 Å². The molecule has 0 radical (unpaired) electrons. The molecule has 1 heterocycles. The maximum absolute atomic E-state index is 12.6. The summed E-state index contributed by atoms with van der Waals surface area (Å²) in [6, 6.07) is 14.6. The van der Waals surface area contributed by atoms with Crippen molar-refractivity contribution in [1.29, 1.82) is 0 Å². The maximum Gasteiger partial charge on any atom is 0.289 e. The summed E-state index contributed by atoms with van der Waals surface area (Å²) in [5.41, 5.74) is 2.96. The fourth-order valence-electron chi connectivity index (χ4n) is 2.73.